The van der Waals surface area contributed by atoms with Crippen molar-refractivity contribution < 1.29 is 0 Å². The molecule has 0 atom stereocenters. The molecule has 81 valence electrons. The van der Waals surface area contributed by atoms with Crippen molar-refractivity contribution in [3.8, 4) is 0 Å². The van der Waals surface area contributed by atoms with E-state index in [-0.39, 0.29) is 0 Å². The van der Waals surface area contributed by atoms with Crippen molar-refractivity contribution in [2.45, 2.75) is 19.3 Å². The minimum Gasteiger partial charge on any atom is -0.0839 e. The lowest BCUT2D eigenvalue weighted by atomic mass is 10.1. The van der Waals surface area contributed by atoms with Crippen LogP contribution < -0.4 is 0 Å². The topological polar surface area (TPSA) is 0 Å². The van der Waals surface area contributed by atoms with Gasteiger partial charge in [-0.1, -0.05) is 61.9 Å². The van der Waals surface area contributed by atoms with E-state index >= 15 is 0 Å². The van der Waals surface area contributed by atoms with Gasteiger partial charge >= 0.3 is 0 Å². The molecule has 0 aliphatic heterocycles. The maximum atomic E-state index is 3.84. The SMILES string of the molecule is [CH2]CCCC=Cc1ccc2ccccc2c1. The molecule has 0 fully saturated rings. The fraction of sp³-hybridized carbons (Fsp3) is 0.188. The van der Waals surface area contributed by atoms with Gasteiger partial charge in [0.25, 0.3) is 0 Å². The van der Waals surface area contributed by atoms with E-state index < -0.39 is 0 Å². The maximum absolute atomic E-state index is 3.84. The lowest BCUT2D eigenvalue weighted by Gasteiger charge is -1.99. The van der Waals surface area contributed by atoms with Gasteiger partial charge in [0.05, 0.1) is 0 Å². The third-order valence-corrected chi connectivity index (χ3v) is 2.70. The Bertz CT molecular complexity index is 480. The first-order chi connectivity index (χ1) is 7.90. The lowest BCUT2D eigenvalue weighted by Crippen LogP contribution is -1.75. The molecule has 0 unspecified atom stereocenters. The van der Waals surface area contributed by atoms with E-state index in [9.17, 15) is 0 Å². The molecule has 0 nitrogen and oxygen atoms in total. The van der Waals surface area contributed by atoms with Gasteiger partial charge in [0, 0.05) is 0 Å². The van der Waals surface area contributed by atoms with Crippen molar-refractivity contribution in [2.75, 3.05) is 0 Å². The van der Waals surface area contributed by atoms with Crippen LogP contribution in [0.1, 0.15) is 24.8 Å². The van der Waals surface area contributed by atoms with E-state index in [2.05, 4.69) is 61.5 Å². The summed E-state index contributed by atoms with van der Waals surface area (Å²) < 4.78 is 0. The zero-order chi connectivity index (χ0) is 11.2. The average Bonchev–Trinajstić information content (AvgIpc) is 2.34. The van der Waals surface area contributed by atoms with Gasteiger partial charge in [0.1, 0.15) is 0 Å². The molecule has 0 heteroatoms. The van der Waals surface area contributed by atoms with Crippen LogP contribution in [-0.2, 0) is 0 Å². The van der Waals surface area contributed by atoms with Gasteiger partial charge in [-0.05, 0) is 35.2 Å². The molecule has 0 amide bonds. The second kappa shape index (κ2) is 5.50. The molecular formula is C16H17. The molecule has 0 N–H and O–H groups in total. The zero-order valence-electron chi connectivity index (χ0n) is 9.52. The Balaban J connectivity index is 2.16. The minimum atomic E-state index is 1.02. The molecule has 2 aromatic rings. The molecule has 16 heavy (non-hydrogen) atoms. The molecule has 2 aromatic carbocycles. The second-order valence-corrected chi connectivity index (χ2v) is 4.00. The summed E-state index contributed by atoms with van der Waals surface area (Å²) in [5, 5.41) is 2.61. The number of fused-ring (bicyclic) bond motifs is 1. The molecule has 2 rings (SSSR count). The van der Waals surface area contributed by atoms with Gasteiger partial charge in [0.2, 0.25) is 0 Å². The lowest BCUT2D eigenvalue weighted by molar-refractivity contribution is 0.868. The molecule has 0 saturated heterocycles. The summed E-state index contributed by atoms with van der Waals surface area (Å²) in [4.78, 5) is 0. The van der Waals surface area contributed by atoms with Crippen LogP contribution in [0.25, 0.3) is 16.8 Å². The van der Waals surface area contributed by atoms with Gasteiger partial charge < -0.3 is 0 Å². The Kier molecular flexibility index (Phi) is 3.76. The van der Waals surface area contributed by atoms with E-state index in [1.165, 1.54) is 22.8 Å². The van der Waals surface area contributed by atoms with Gasteiger partial charge in [-0.2, -0.15) is 0 Å². The fourth-order valence-electron chi connectivity index (χ4n) is 1.79. The molecular weight excluding hydrogens is 192 g/mol. The summed E-state index contributed by atoms with van der Waals surface area (Å²) in [6, 6.07) is 15.0. The van der Waals surface area contributed by atoms with Crippen molar-refractivity contribution in [1.29, 1.82) is 0 Å². The van der Waals surface area contributed by atoms with Crippen molar-refractivity contribution in [2.24, 2.45) is 0 Å². The zero-order valence-corrected chi connectivity index (χ0v) is 9.52. The molecule has 0 saturated carbocycles. The van der Waals surface area contributed by atoms with Gasteiger partial charge in [-0.3, -0.25) is 0 Å². The summed E-state index contributed by atoms with van der Waals surface area (Å²) in [7, 11) is 0. The van der Waals surface area contributed by atoms with Crippen LogP contribution in [0.2, 0.25) is 0 Å². The molecule has 0 heterocycles. The number of allylic oxidation sites excluding steroid dienone is 1. The third-order valence-electron chi connectivity index (χ3n) is 2.70. The Labute approximate surface area is 97.6 Å². The van der Waals surface area contributed by atoms with E-state index in [0.29, 0.717) is 0 Å². The van der Waals surface area contributed by atoms with Gasteiger partial charge in [-0.25, -0.2) is 0 Å². The number of hydrogen-bond donors (Lipinski definition) is 0. The first-order valence-corrected chi connectivity index (χ1v) is 5.85. The highest BCUT2D eigenvalue weighted by molar-refractivity contribution is 5.84. The number of rotatable bonds is 4. The van der Waals surface area contributed by atoms with E-state index in [1.807, 2.05) is 0 Å². The summed E-state index contributed by atoms with van der Waals surface area (Å²) in [5.41, 5.74) is 1.28. The highest BCUT2D eigenvalue weighted by atomic mass is 14.0. The van der Waals surface area contributed by atoms with Crippen LogP contribution in [0.3, 0.4) is 0 Å². The summed E-state index contributed by atoms with van der Waals surface area (Å²) >= 11 is 0. The Hall–Kier alpha value is -1.56. The quantitative estimate of drug-likeness (QED) is 0.631. The van der Waals surface area contributed by atoms with Crippen LogP contribution in [0, 0.1) is 6.92 Å². The first-order valence-electron chi connectivity index (χ1n) is 5.85. The predicted molar refractivity (Wildman–Crippen MR) is 72.2 cm³/mol. The smallest absolute Gasteiger partial charge is 0.0178 e. The fourth-order valence-corrected chi connectivity index (χ4v) is 1.79. The first kappa shape index (κ1) is 10.9. The van der Waals surface area contributed by atoms with Crippen LogP contribution >= 0.6 is 0 Å². The largest absolute Gasteiger partial charge is 0.0839 e. The van der Waals surface area contributed by atoms with Crippen LogP contribution in [0.5, 0.6) is 0 Å². The molecule has 0 aliphatic carbocycles. The van der Waals surface area contributed by atoms with Crippen LogP contribution in [-0.4, -0.2) is 0 Å². The normalized spacial score (nSPS) is 11.3. The maximum Gasteiger partial charge on any atom is -0.0178 e. The van der Waals surface area contributed by atoms with Crippen LogP contribution in [0.15, 0.2) is 48.5 Å². The second-order valence-electron chi connectivity index (χ2n) is 4.00. The monoisotopic (exact) mass is 209 g/mol. The summed E-state index contributed by atoms with van der Waals surface area (Å²) in [5.74, 6) is 0. The van der Waals surface area contributed by atoms with Crippen molar-refractivity contribution in [1.82, 2.24) is 0 Å². The third kappa shape index (κ3) is 2.73. The Morgan fingerprint density at radius 1 is 1.00 bits per heavy atom. The summed E-state index contributed by atoms with van der Waals surface area (Å²) in [6.07, 6.45) is 7.74. The molecule has 1 radical (unpaired) electrons. The van der Waals surface area contributed by atoms with Crippen LogP contribution in [0.4, 0.5) is 0 Å². The van der Waals surface area contributed by atoms with E-state index in [1.54, 1.807) is 0 Å². The molecule has 0 spiro atoms. The summed E-state index contributed by atoms with van der Waals surface area (Å²) in [6.45, 7) is 3.84. The number of benzene rings is 2. The number of hydrogen-bond acceptors (Lipinski definition) is 0. The Morgan fingerprint density at radius 3 is 2.62 bits per heavy atom. The highest BCUT2D eigenvalue weighted by Gasteiger charge is 1.92. The number of unbranched alkanes of at least 4 members (excludes halogenated alkanes) is 2. The average molecular weight is 209 g/mol. The molecule has 0 aromatic heterocycles. The van der Waals surface area contributed by atoms with Crippen molar-refractivity contribution >= 4 is 16.8 Å². The van der Waals surface area contributed by atoms with Crippen molar-refractivity contribution in [3.63, 3.8) is 0 Å². The van der Waals surface area contributed by atoms with Gasteiger partial charge in [-0.15, -0.1) is 0 Å². The Morgan fingerprint density at radius 2 is 1.81 bits per heavy atom. The van der Waals surface area contributed by atoms with E-state index in [4.69, 9.17) is 0 Å². The minimum absolute atomic E-state index is 1.02. The van der Waals surface area contributed by atoms with Crippen molar-refractivity contribution in [3.05, 3.63) is 61.0 Å². The molecule has 0 aliphatic rings. The van der Waals surface area contributed by atoms with E-state index in [0.717, 1.165) is 12.8 Å². The highest BCUT2D eigenvalue weighted by Crippen LogP contribution is 2.16. The van der Waals surface area contributed by atoms with Gasteiger partial charge in [0.15, 0.2) is 0 Å². The predicted octanol–water partition coefficient (Wildman–Crippen LogP) is 4.86. The standard InChI is InChI=1S/C16H17/c1-2-3-4-5-8-14-11-12-15-9-6-7-10-16(15)13-14/h5-13H,1-4H2. The molecule has 0 bridgehead atoms.